The molecule has 0 saturated carbocycles. The number of nitrogens with two attached hydrogens (primary N) is 1. The second kappa shape index (κ2) is 4.90. The van der Waals surface area contributed by atoms with Gasteiger partial charge in [-0.25, -0.2) is 0 Å². The van der Waals surface area contributed by atoms with Crippen LogP contribution in [0.25, 0.3) is 10.9 Å². The van der Waals surface area contributed by atoms with E-state index in [9.17, 15) is 0 Å². The highest BCUT2D eigenvalue weighted by molar-refractivity contribution is 9.10. The first-order chi connectivity index (χ1) is 9.56. The largest absolute Gasteiger partial charge is 0.399 e. The lowest BCUT2D eigenvalue weighted by Crippen LogP contribution is -1.98. The molecule has 0 spiro atoms. The van der Waals surface area contributed by atoms with Crippen molar-refractivity contribution in [1.82, 2.24) is 14.8 Å². The van der Waals surface area contributed by atoms with Crippen LogP contribution in [0.2, 0.25) is 0 Å². The van der Waals surface area contributed by atoms with E-state index in [1.165, 1.54) is 0 Å². The van der Waals surface area contributed by atoms with Crippen LogP contribution >= 0.6 is 15.9 Å². The number of rotatable bonds is 2. The monoisotopic (exact) mass is 330 g/mol. The minimum Gasteiger partial charge on any atom is -0.399 e. The van der Waals surface area contributed by atoms with E-state index in [0.29, 0.717) is 6.42 Å². The Hall–Kier alpha value is -1.88. The van der Waals surface area contributed by atoms with Crippen molar-refractivity contribution in [2.45, 2.75) is 13.3 Å². The maximum atomic E-state index is 5.84. The molecule has 3 rings (SSSR count). The number of halogens is 1. The van der Waals surface area contributed by atoms with Gasteiger partial charge in [0.2, 0.25) is 0 Å². The van der Waals surface area contributed by atoms with Gasteiger partial charge in [0.15, 0.2) is 0 Å². The van der Waals surface area contributed by atoms with Crippen LogP contribution in [-0.4, -0.2) is 14.8 Å². The van der Waals surface area contributed by atoms with E-state index in [1.54, 1.807) is 0 Å². The molecule has 2 N–H and O–H groups in total. The van der Waals surface area contributed by atoms with Crippen molar-refractivity contribution in [1.29, 1.82) is 0 Å². The average molecular weight is 331 g/mol. The number of hydrogen-bond donors (Lipinski definition) is 1. The molecule has 2 aromatic heterocycles. The van der Waals surface area contributed by atoms with Crippen molar-refractivity contribution < 1.29 is 0 Å². The highest BCUT2D eigenvalue weighted by Gasteiger charge is 2.12. The fourth-order valence-electron chi connectivity index (χ4n) is 2.37. The fraction of sp³-hybridized carbons (Fsp3) is 0.200. The molecular formula is C15H15BrN4. The molecule has 0 amide bonds. The quantitative estimate of drug-likeness (QED) is 0.734. The number of pyridine rings is 1. The van der Waals surface area contributed by atoms with Crippen molar-refractivity contribution in [2.75, 3.05) is 5.73 Å². The van der Waals surface area contributed by atoms with Crippen molar-refractivity contribution in [3.8, 4) is 0 Å². The van der Waals surface area contributed by atoms with Crippen LogP contribution in [-0.2, 0) is 13.5 Å². The van der Waals surface area contributed by atoms with Crippen LogP contribution in [0.1, 0.15) is 17.0 Å². The van der Waals surface area contributed by atoms with E-state index >= 15 is 0 Å². The Labute approximate surface area is 125 Å². The number of aromatic nitrogens is 3. The van der Waals surface area contributed by atoms with E-state index in [0.717, 1.165) is 38.0 Å². The number of fused-ring (bicyclic) bond motifs is 1. The second-order valence-electron chi connectivity index (χ2n) is 4.89. The molecule has 0 aliphatic rings. The predicted octanol–water partition coefficient (Wildman–Crippen LogP) is 3.21. The van der Waals surface area contributed by atoms with Gasteiger partial charge in [0.25, 0.3) is 0 Å². The third kappa shape index (κ3) is 2.18. The summed E-state index contributed by atoms with van der Waals surface area (Å²) in [4.78, 5) is 4.46. The molecule has 3 aromatic rings. The maximum Gasteiger partial charge on any atom is 0.0762 e. The van der Waals surface area contributed by atoms with Crippen molar-refractivity contribution in [3.63, 3.8) is 0 Å². The van der Waals surface area contributed by atoms with Gasteiger partial charge < -0.3 is 5.73 Å². The van der Waals surface area contributed by atoms with Gasteiger partial charge in [0.05, 0.1) is 16.9 Å². The summed E-state index contributed by atoms with van der Waals surface area (Å²) >= 11 is 3.54. The van der Waals surface area contributed by atoms with Crippen LogP contribution in [0.15, 0.2) is 34.9 Å². The Bertz CT molecular complexity index is 792. The summed E-state index contributed by atoms with van der Waals surface area (Å²) in [6.45, 7) is 2.07. The van der Waals surface area contributed by atoms with E-state index in [4.69, 9.17) is 5.73 Å². The van der Waals surface area contributed by atoms with Gasteiger partial charge in [-0.1, -0.05) is 15.9 Å². The minimum absolute atomic E-state index is 0.715. The van der Waals surface area contributed by atoms with E-state index in [1.807, 2.05) is 42.2 Å². The Kier molecular flexibility index (Phi) is 3.22. The third-order valence-electron chi connectivity index (χ3n) is 3.53. The summed E-state index contributed by atoms with van der Waals surface area (Å²) < 4.78 is 2.95. The number of benzene rings is 1. The lowest BCUT2D eigenvalue weighted by atomic mass is 10.1. The molecule has 0 saturated heterocycles. The summed E-state index contributed by atoms with van der Waals surface area (Å²) in [6, 6.07) is 7.85. The number of nitrogens with zero attached hydrogens (tertiary/aromatic N) is 3. The molecule has 0 atom stereocenters. The average Bonchev–Trinajstić information content (AvgIpc) is 2.71. The molecule has 102 valence electrons. The van der Waals surface area contributed by atoms with Crippen LogP contribution in [0.3, 0.4) is 0 Å². The molecule has 0 fully saturated rings. The van der Waals surface area contributed by atoms with Gasteiger partial charge in [-0.15, -0.1) is 0 Å². The Morgan fingerprint density at radius 1 is 1.25 bits per heavy atom. The van der Waals surface area contributed by atoms with Crippen LogP contribution in [0, 0.1) is 6.92 Å². The van der Waals surface area contributed by atoms with E-state index in [2.05, 4.69) is 32.9 Å². The first kappa shape index (κ1) is 13.1. The van der Waals surface area contributed by atoms with Gasteiger partial charge in [0.1, 0.15) is 0 Å². The second-order valence-corrected chi connectivity index (χ2v) is 5.74. The van der Waals surface area contributed by atoms with Gasteiger partial charge in [-0.3, -0.25) is 9.67 Å². The first-order valence-electron chi connectivity index (χ1n) is 6.37. The summed E-state index contributed by atoms with van der Waals surface area (Å²) in [5, 5.41) is 5.73. The maximum absolute atomic E-state index is 5.84. The number of nitrogen functional groups attached to an aromatic ring is 1. The molecule has 5 heteroatoms. The number of anilines is 1. The normalized spacial score (nSPS) is 11.2. The Morgan fingerprint density at radius 2 is 2.05 bits per heavy atom. The van der Waals surface area contributed by atoms with E-state index < -0.39 is 0 Å². The highest BCUT2D eigenvalue weighted by Crippen LogP contribution is 2.25. The summed E-state index contributed by atoms with van der Waals surface area (Å²) in [5.41, 5.74) is 10.9. The van der Waals surface area contributed by atoms with Crippen molar-refractivity contribution in [2.24, 2.45) is 7.05 Å². The number of aryl methyl sites for hydroxylation is 1. The zero-order valence-electron chi connectivity index (χ0n) is 11.4. The molecule has 2 heterocycles. The molecule has 0 bridgehead atoms. The zero-order valence-corrected chi connectivity index (χ0v) is 13.0. The van der Waals surface area contributed by atoms with Gasteiger partial charge in [-0.05, 0) is 36.8 Å². The van der Waals surface area contributed by atoms with Gasteiger partial charge in [-0.2, -0.15) is 5.10 Å². The third-order valence-corrected chi connectivity index (χ3v) is 4.39. The fourth-order valence-corrected chi connectivity index (χ4v) is 2.72. The van der Waals surface area contributed by atoms with Crippen molar-refractivity contribution >= 4 is 32.5 Å². The lowest BCUT2D eigenvalue weighted by molar-refractivity contribution is 0.770. The Balaban J connectivity index is 2.09. The summed E-state index contributed by atoms with van der Waals surface area (Å²) in [5.74, 6) is 0. The lowest BCUT2D eigenvalue weighted by Gasteiger charge is -2.05. The molecule has 20 heavy (non-hydrogen) atoms. The summed E-state index contributed by atoms with van der Waals surface area (Å²) in [6.07, 6.45) is 2.53. The first-order valence-corrected chi connectivity index (χ1v) is 7.16. The van der Waals surface area contributed by atoms with Crippen LogP contribution in [0.4, 0.5) is 5.69 Å². The number of hydrogen-bond acceptors (Lipinski definition) is 3. The van der Waals surface area contributed by atoms with E-state index in [-0.39, 0.29) is 0 Å². The highest BCUT2D eigenvalue weighted by atomic mass is 79.9. The molecule has 0 unspecified atom stereocenters. The predicted molar refractivity (Wildman–Crippen MR) is 84.6 cm³/mol. The molecule has 0 aliphatic heterocycles. The standard InChI is InChI=1S/C15H15BrN4/c1-9-12(16)5-6-18-13(9)8-14-11-4-3-10(17)7-15(11)20(2)19-14/h3-7H,8,17H2,1-2H3. The SMILES string of the molecule is Cc1c(Br)ccnc1Cc1nn(C)c2cc(N)ccc12. The molecular weight excluding hydrogens is 316 g/mol. The van der Waals surface area contributed by atoms with Gasteiger partial charge >= 0.3 is 0 Å². The van der Waals surface area contributed by atoms with Crippen molar-refractivity contribution in [3.05, 3.63) is 51.9 Å². The topological polar surface area (TPSA) is 56.7 Å². The molecule has 0 aliphatic carbocycles. The Morgan fingerprint density at radius 3 is 2.85 bits per heavy atom. The molecule has 0 radical (unpaired) electrons. The van der Waals surface area contributed by atoms with Gasteiger partial charge in [0, 0.05) is 35.2 Å². The minimum atomic E-state index is 0.715. The molecule has 4 nitrogen and oxygen atoms in total. The van der Waals surface area contributed by atoms with Crippen LogP contribution < -0.4 is 5.73 Å². The smallest absolute Gasteiger partial charge is 0.0762 e. The summed E-state index contributed by atoms with van der Waals surface area (Å²) in [7, 11) is 1.94. The van der Waals surface area contributed by atoms with Crippen LogP contribution in [0.5, 0.6) is 0 Å². The molecule has 1 aromatic carbocycles. The zero-order chi connectivity index (χ0) is 14.3.